The molecule has 1 aliphatic rings. The van der Waals surface area contributed by atoms with Crippen LogP contribution in [0.4, 0.5) is 0 Å². The van der Waals surface area contributed by atoms with E-state index in [1.54, 1.807) is 0 Å². The summed E-state index contributed by atoms with van der Waals surface area (Å²) in [5.41, 5.74) is 5.43. The zero-order chi connectivity index (χ0) is 12.5. The van der Waals surface area contributed by atoms with Crippen molar-refractivity contribution in [3.63, 3.8) is 0 Å². The number of hydrogen-bond acceptors (Lipinski definition) is 2. The van der Waals surface area contributed by atoms with Crippen LogP contribution in [0.1, 0.15) is 64.7 Å². The van der Waals surface area contributed by atoms with Crippen molar-refractivity contribution >= 4 is 5.91 Å². The molecule has 100 valence electrons. The van der Waals surface area contributed by atoms with Crippen LogP contribution < -0.4 is 11.1 Å². The molecule has 3 N–H and O–H groups in total. The molecule has 17 heavy (non-hydrogen) atoms. The lowest BCUT2D eigenvalue weighted by Crippen LogP contribution is -2.34. The second-order valence-electron chi connectivity index (χ2n) is 5.30. The van der Waals surface area contributed by atoms with Gasteiger partial charge in [-0.25, -0.2) is 0 Å². The number of nitrogens with one attached hydrogen (secondary N) is 1. The van der Waals surface area contributed by atoms with Gasteiger partial charge in [-0.2, -0.15) is 0 Å². The molecule has 1 rings (SSSR count). The minimum absolute atomic E-state index is 0.241. The van der Waals surface area contributed by atoms with E-state index in [1.807, 2.05) is 0 Å². The summed E-state index contributed by atoms with van der Waals surface area (Å²) in [6.45, 7) is 2.93. The summed E-state index contributed by atoms with van der Waals surface area (Å²) in [4.78, 5) is 11.7. The van der Waals surface area contributed by atoms with E-state index in [-0.39, 0.29) is 5.91 Å². The van der Waals surface area contributed by atoms with Crippen molar-refractivity contribution in [3.05, 3.63) is 0 Å². The predicted octanol–water partition coefficient (Wildman–Crippen LogP) is 2.59. The zero-order valence-corrected chi connectivity index (χ0v) is 11.2. The number of hydrogen-bond donors (Lipinski definition) is 2. The van der Waals surface area contributed by atoms with Gasteiger partial charge in [-0.1, -0.05) is 32.6 Å². The monoisotopic (exact) mass is 240 g/mol. The van der Waals surface area contributed by atoms with Crippen LogP contribution in [0.25, 0.3) is 0 Å². The summed E-state index contributed by atoms with van der Waals surface area (Å²) >= 11 is 0. The Balaban J connectivity index is 2.01. The first-order chi connectivity index (χ1) is 8.26. The Kier molecular flexibility index (Phi) is 7.25. The van der Waals surface area contributed by atoms with E-state index in [2.05, 4.69) is 12.2 Å². The highest BCUT2D eigenvalue weighted by Gasteiger charge is 2.25. The third-order valence-electron chi connectivity index (χ3n) is 3.53. The molecule has 0 saturated heterocycles. The fraction of sp³-hybridized carbons (Fsp3) is 0.929. The predicted molar refractivity (Wildman–Crippen MR) is 71.7 cm³/mol. The number of amides is 1. The highest BCUT2D eigenvalue weighted by Crippen LogP contribution is 2.34. The normalized spacial score (nSPS) is 16.8. The lowest BCUT2D eigenvalue weighted by Gasteiger charge is -2.16. The molecule has 0 aliphatic heterocycles. The van der Waals surface area contributed by atoms with Gasteiger partial charge in [-0.05, 0) is 38.1 Å². The van der Waals surface area contributed by atoms with Gasteiger partial charge in [0, 0.05) is 12.5 Å². The van der Waals surface area contributed by atoms with Crippen molar-refractivity contribution in [3.8, 4) is 0 Å². The topological polar surface area (TPSA) is 55.1 Å². The molecule has 1 unspecified atom stereocenters. The largest absolute Gasteiger partial charge is 0.353 e. The van der Waals surface area contributed by atoms with Crippen molar-refractivity contribution in [2.75, 3.05) is 6.54 Å². The summed E-state index contributed by atoms with van der Waals surface area (Å²) in [5.74, 6) is 1.13. The van der Waals surface area contributed by atoms with Gasteiger partial charge in [-0.3, -0.25) is 4.79 Å². The third kappa shape index (κ3) is 7.37. The maximum Gasteiger partial charge on any atom is 0.220 e. The van der Waals surface area contributed by atoms with Gasteiger partial charge in [0.2, 0.25) is 5.91 Å². The lowest BCUT2D eigenvalue weighted by atomic mass is 10.1. The van der Waals surface area contributed by atoms with Gasteiger partial charge in [0.25, 0.3) is 0 Å². The van der Waals surface area contributed by atoms with Crippen molar-refractivity contribution in [2.24, 2.45) is 11.7 Å². The number of carbonyl (C=O) groups excluding carboxylic acids is 1. The molecule has 0 aromatic rings. The minimum atomic E-state index is 0.241. The van der Waals surface area contributed by atoms with E-state index in [4.69, 9.17) is 5.73 Å². The van der Waals surface area contributed by atoms with Crippen molar-refractivity contribution < 1.29 is 4.79 Å². The van der Waals surface area contributed by atoms with Crippen LogP contribution in [0.2, 0.25) is 0 Å². The number of rotatable bonds is 10. The molecule has 1 fully saturated rings. The third-order valence-corrected chi connectivity index (χ3v) is 3.53. The van der Waals surface area contributed by atoms with Gasteiger partial charge in [0.15, 0.2) is 0 Å². The molecule has 0 spiro atoms. The van der Waals surface area contributed by atoms with Crippen LogP contribution in [0.5, 0.6) is 0 Å². The smallest absolute Gasteiger partial charge is 0.220 e. The number of nitrogens with two attached hydrogens (primary N) is 1. The Morgan fingerprint density at radius 2 is 2.00 bits per heavy atom. The molecule has 1 amide bonds. The first kappa shape index (κ1) is 14.5. The van der Waals surface area contributed by atoms with E-state index >= 15 is 0 Å². The molecule has 1 aliphatic carbocycles. The van der Waals surface area contributed by atoms with Crippen LogP contribution >= 0.6 is 0 Å². The van der Waals surface area contributed by atoms with E-state index in [1.165, 1.54) is 19.3 Å². The fourth-order valence-corrected chi connectivity index (χ4v) is 2.17. The average Bonchev–Trinajstić information content (AvgIpc) is 3.12. The van der Waals surface area contributed by atoms with Crippen molar-refractivity contribution in [1.29, 1.82) is 0 Å². The molecule has 3 nitrogen and oxygen atoms in total. The Hall–Kier alpha value is -0.570. The molecule has 1 atom stereocenters. The van der Waals surface area contributed by atoms with E-state index in [0.717, 1.165) is 44.6 Å². The maximum atomic E-state index is 11.7. The van der Waals surface area contributed by atoms with E-state index in [9.17, 15) is 4.79 Å². The molecule has 1 saturated carbocycles. The van der Waals surface area contributed by atoms with Gasteiger partial charge < -0.3 is 11.1 Å². The molecular weight excluding hydrogens is 212 g/mol. The lowest BCUT2D eigenvalue weighted by molar-refractivity contribution is -0.122. The van der Waals surface area contributed by atoms with Gasteiger partial charge in [-0.15, -0.1) is 0 Å². The Morgan fingerprint density at radius 3 is 2.59 bits per heavy atom. The molecule has 0 aromatic carbocycles. The summed E-state index contributed by atoms with van der Waals surface area (Å²) in [6.07, 6.45) is 10.0. The highest BCUT2D eigenvalue weighted by atomic mass is 16.1. The van der Waals surface area contributed by atoms with Crippen molar-refractivity contribution in [2.45, 2.75) is 70.8 Å². The molecule has 0 aromatic heterocycles. The molecular formula is C14H28N2O. The second-order valence-corrected chi connectivity index (χ2v) is 5.30. The fourth-order valence-electron chi connectivity index (χ4n) is 2.17. The van der Waals surface area contributed by atoms with Crippen LogP contribution in [-0.2, 0) is 4.79 Å². The number of carbonyl (C=O) groups is 1. The summed E-state index contributed by atoms with van der Waals surface area (Å²) in [5, 5.41) is 3.17. The van der Waals surface area contributed by atoms with Crippen LogP contribution in [0.15, 0.2) is 0 Å². The first-order valence-electron chi connectivity index (χ1n) is 7.25. The summed E-state index contributed by atoms with van der Waals surface area (Å²) < 4.78 is 0. The van der Waals surface area contributed by atoms with E-state index < -0.39 is 0 Å². The van der Waals surface area contributed by atoms with Crippen molar-refractivity contribution in [1.82, 2.24) is 5.32 Å². The van der Waals surface area contributed by atoms with E-state index in [0.29, 0.717) is 12.5 Å². The SMILES string of the molecule is CCC(CC1CC1)NC(=O)CCCCCCN. The summed E-state index contributed by atoms with van der Waals surface area (Å²) in [7, 11) is 0. The minimum Gasteiger partial charge on any atom is -0.353 e. The van der Waals surface area contributed by atoms with Gasteiger partial charge in [0.1, 0.15) is 0 Å². The molecule has 0 heterocycles. The number of unbranched alkanes of at least 4 members (excludes halogenated alkanes) is 3. The van der Waals surface area contributed by atoms with Gasteiger partial charge in [0.05, 0.1) is 0 Å². The maximum absolute atomic E-state index is 11.7. The Labute approximate surface area is 106 Å². The molecule has 0 bridgehead atoms. The molecule has 3 heteroatoms. The molecule has 0 radical (unpaired) electrons. The highest BCUT2D eigenvalue weighted by molar-refractivity contribution is 5.76. The van der Waals surface area contributed by atoms with Gasteiger partial charge >= 0.3 is 0 Å². The average molecular weight is 240 g/mol. The first-order valence-corrected chi connectivity index (χ1v) is 7.25. The summed E-state index contributed by atoms with van der Waals surface area (Å²) in [6, 6.07) is 0.416. The standard InChI is InChI=1S/C14H28N2O/c1-2-13(11-12-8-9-12)16-14(17)7-5-3-4-6-10-15/h12-13H,2-11,15H2,1H3,(H,16,17). The second kappa shape index (κ2) is 8.51. The van der Waals surface area contributed by atoms with Crippen LogP contribution in [0, 0.1) is 5.92 Å². The zero-order valence-electron chi connectivity index (χ0n) is 11.2. The van der Waals surface area contributed by atoms with Crippen LogP contribution in [0.3, 0.4) is 0 Å². The Bertz CT molecular complexity index is 214. The Morgan fingerprint density at radius 1 is 1.29 bits per heavy atom. The van der Waals surface area contributed by atoms with Crippen LogP contribution in [-0.4, -0.2) is 18.5 Å². The quantitative estimate of drug-likeness (QED) is 0.577.